The predicted molar refractivity (Wildman–Crippen MR) is 74.2 cm³/mol. The minimum Gasteiger partial charge on any atom is -0.476 e. The van der Waals surface area contributed by atoms with Gasteiger partial charge in [-0.1, -0.05) is 12.1 Å². The van der Waals surface area contributed by atoms with Crippen molar-refractivity contribution >= 4 is 28.1 Å². The number of nitrogens with zero attached hydrogens (tertiary/aromatic N) is 1. The summed E-state index contributed by atoms with van der Waals surface area (Å²) in [6, 6.07) is 7.71. The van der Waals surface area contributed by atoms with Gasteiger partial charge in [-0.2, -0.15) is 0 Å². The summed E-state index contributed by atoms with van der Waals surface area (Å²) < 4.78 is 5.04. The number of hydrogen-bond donors (Lipinski definition) is 2. The van der Waals surface area contributed by atoms with Gasteiger partial charge in [-0.25, -0.2) is 9.78 Å². The number of aryl methyl sites for hydroxylation is 1. The van der Waals surface area contributed by atoms with Gasteiger partial charge in [-0.15, -0.1) is 11.3 Å². The molecular weight excluding hydrogens is 264 g/mol. The number of aromatic nitrogens is 1. The van der Waals surface area contributed by atoms with E-state index < -0.39 is 5.97 Å². The fourth-order valence-electron chi connectivity index (χ4n) is 1.62. The first-order valence-corrected chi connectivity index (χ1v) is 6.47. The third-order valence-corrected chi connectivity index (χ3v) is 3.40. The number of rotatable bonds is 5. The molecule has 0 spiro atoms. The van der Waals surface area contributed by atoms with Crippen molar-refractivity contribution in [3.63, 3.8) is 0 Å². The third kappa shape index (κ3) is 3.30. The summed E-state index contributed by atoms with van der Waals surface area (Å²) in [4.78, 5) is 15.6. The zero-order valence-electron chi connectivity index (χ0n) is 10.6. The maximum atomic E-state index is 10.9. The molecular formula is C13H14N2O3S. The van der Waals surface area contributed by atoms with E-state index in [1.165, 1.54) is 11.3 Å². The van der Waals surface area contributed by atoms with Crippen LogP contribution in [0.15, 0.2) is 24.3 Å². The molecule has 0 unspecified atom stereocenters. The normalized spacial score (nSPS) is 10.4. The van der Waals surface area contributed by atoms with Crippen molar-refractivity contribution in [1.29, 1.82) is 0 Å². The van der Waals surface area contributed by atoms with Crippen LogP contribution in [0.5, 0.6) is 0 Å². The smallest absolute Gasteiger partial charge is 0.355 e. The van der Waals surface area contributed by atoms with Crippen LogP contribution < -0.4 is 5.32 Å². The second-order valence-corrected chi connectivity index (χ2v) is 5.19. The second kappa shape index (κ2) is 5.81. The maximum Gasteiger partial charge on any atom is 0.355 e. The van der Waals surface area contributed by atoms with Crippen molar-refractivity contribution < 1.29 is 14.6 Å². The van der Waals surface area contributed by atoms with Gasteiger partial charge in [0.2, 0.25) is 0 Å². The molecule has 0 aliphatic carbocycles. The molecule has 0 radical (unpaired) electrons. The Labute approximate surface area is 114 Å². The summed E-state index contributed by atoms with van der Waals surface area (Å²) in [5.74, 6) is -1.00. The molecule has 0 saturated carbocycles. The lowest BCUT2D eigenvalue weighted by molar-refractivity contribution is 0.0690. The molecule has 19 heavy (non-hydrogen) atoms. The monoisotopic (exact) mass is 278 g/mol. The maximum absolute atomic E-state index is 10.9. The number of thiazole rings is 1. The summed E-state index contributed by atoms with van der Waals surface area (Å²) in [6.07, 6.45) is 0. The Morgan fingerprint density at radius 1 is 1.42 bits per heavy atom. The van der Waals surface area contributed by atoms with E-state index in [0.717, 1.165) is 11.3 Å². The fourth-order valence-corrected chi connectivity index (χ4v) is 2.45. The number of hydrogen-bond acceptors (Lipinski definition) is 5. The van der Waals surface area contributed by atoms with E-state index in [1.807, 2.05) is 24.3 Å². The van der Waals surface area contributed by atoms with Gasteiger partial charge < -0.3 is 15.2 Å². The first-order chi connectivity index (χ1) is 9.10. The molecule has 100 valence electrons. The fraction of sp³-hybridized carbons (Fsp3) is 0.231. The summed E-state index contributed by atoms with van der Waals surface area (Å²) in [7, 11) is 1.65. The summed E-state index contributed by atoms with van der Waals surface area (Å²) in [5.41, 5.74) is 2.05. The summed E-state index contributed by atoms with van der Waals surface area (Å²) in [6.45, 7) is 2.31. The van der Waals surface area contributed by atoms with E-state index in [-0.39, 0.29) is 5.69 Å². The van der Waals surface area contributed by atoms with Crippen LogP contribution >= 0.6 is 11.3 Å². The van der Waals surface area contributed by atoms with Crippen molar-refractivity contribution in [3.8, 4) is 0 Å². The van der Waals surface area contributed by atoms with E-state index in [1.54, 1.807) is 14.0 Å². The van der Waals surface area contributed by atoms with E-state index >= 15 is 0 Å². The molecule has 0 atom stereocenters. The topological polar surface area (TPSA) is 71.5 Å². The molecule has 2 N–H and O–H groups in total. The van der Waals surface area contributed by atoms with Crippen molar-refractivity contribution in [2.45, 2.75) is 13.5 Å². The van der Waals surface area contributed by atoms with Gasteiger partial charge in [0.05, 0.1) is 6.61 Å². The molecule has 6 heteroatoms. The van der Waals surface area contributed by atoms with Crippen LogP contribution in [0.3, 0.4) is 0 Å². The van der Waals surface area contributed by atoms with Gasteiger partial charge in [-0.05, 0) is 24.6 Å². The highest BCUT2D eigenvalue weighted by atomic mass is 32.1. The molecule has 1 aromatic carbocycles. The van der Waals surface area contributed by atoms with Crippen molar-refractivity contribution in [2.24, 2.45) is 0 Å². The van der Waals surface area contributed by atoms with Gasteiger partial charge in [-0.3, -0.25) is 0 Å². The van der Waals surface area contributed by atoms with Crippen LogP contribution in [-0.4, -0.2) is 23.2 Å². The van der Waals surface area contributed by atoms with E-state index in [2.05, 4.69) is 10.3 Å². The van der Waals surface area contributed by atoms with Gasteiger partial charge >= 0.3 is 5.97 Å². The molecule has 0 amide bonds. The number of ether oxygens (including phenoxy) is 1. The standard InChI is InChI=1S/C13H14N2O3S/c1-8-11(12(16)17)15-13(19-8)14-10-5-3-9(4-6-10)7-18-2/h3-6H,7H2,1-2H3,(H,14,15)(H,16,17). The number of benzene rings is 1. The first-order valence-electron chi connectivity index (χ1n) is 5.66. The van der Waals surface area contributed by atoms with Crippen LogP contribution in [-0.2, 0) is 11.3 Å². The number of anilines is 2. The van der Waals surface area contributed by atoms with E-state index in [4.69, 9.17) is 9.84 Å². The second-order valence-electron chi connectivity index (χ2n) is 3.98. The molecule has 0 aliphatic heterocycles. The molecule has 0 fully saturated rings. The number of carbonyl (C=O) groups is 1. The third-order valence-electron chi connectivity index (χ3n) is 2.52. The quantitative estimate of drug-likeness (QED) is 0.879. The van der Waals surface area contributed by atoms with Gasteiger partial charge in [0.1, 0.15) is 0 Å². The Morgan fingerprint density at radius 3 is 2.63 bits per heavy atom. The molecule has 0 saturated heterocycles. The average molecular weight is 278 g/mol. The van der Waals surface area contributed by atoms with Gasteiger partial charge in [0, 0.05) is 17.7 Å². The Morgan fingerprint density at radius 2 is 2.11 bits per heavy atom. The van der Waals surface area contributed by atoms with E-state index in [0.29, 0.717) is 16.6 Å². The molecule has 5 nitrogen and oxygen atoms in total. The first kappa shape index (κ1) is 13.5. The Kier molecular flexibility index (Phi) is 4.13. The minimum absolute atomic E-state index is 0.100. The summed E-state index contributed by atoms with van der Waals surface area (Å²) in [5, 5.41) is 12.6. The van der Waals surface area contributed by atoms with Crippen LogP contribution in [0, 0.1) is 6.92 Å². The lowest BCUT2D eigenvalue weighted by Gasteiger charge is -2.04. The Hall–Kier alpha value is -1.92. The van der Waals surface area contributed by atoms with Crippen molar-refractivity contribution in [3.05, 3.63) is 40.4 Å². The van der Waals surface area contributed by atoms with E-state index in [9.17, 15) is 4.79 Å². The van der Waals surface area contributed by atoms with Crippen molar-refractivity contribution in [2.75, 3.05) is 12.4 Å². The molecule has 1 heterocycles. The van der Waals surface area contributed by atoms with Gasteiger partial charge in [0.15, 0.2) is 10.8 Å². The Bertz CT molecular complexity index is 578. The largest absolute Gasteiger partial charge is 0.476 e. The van der Waals surface area contributed by atoms with Gasteiger partial charge in [0.25, 0.3) is 0 Å². The molecule has 0 aliphatic rings. The summed E-state index contributed by atoms with van der Waals surface area (Å²) >= 11 is 1.32. The lowest BCUT2D eigenvalue weighted by atomic mass is 10.2. The zero-order valence-corrected chi connectivity index (χ0v) is 11.5. The number of methoxy groups -OCH3 is 1. The van der Waals surface area contributed by atoms with Crippen LogP contribution in [0.25, 0.3) is 0 Å². The average Bonchev–Trinajstić information content (AvgIpc) is 2.73. The van der Waals surface area contributed by atoms with Crippen molar-refractivity contribution in [1.82, 2.24) is 4.98 Å². The molecule has 0 bridgehead atoms. The highest BCUT2D eigenvalue weighted by molar-refractivity contribution is 7.15. The SMILES string of the molecule is COCc1ccc(Nc2nc(C(=O)O)c(C)s2)cc1. The molecule has 2 rings (SSSR count). The highest BCUT2D eigenvalue weighted by Crippen LogP contribution is 2.25. The zero-order chi connectivity index (χ0) is 13.8. The lowest BCUT2D eigenvalue weighted by Crippen LogP contribution is -1.99. The Balaban J connectivity index is 2.12. The minimum atomic E-state index is -1.00. The molecule has 1 aromatic heterocycles. The van der Waals surface area contributed by atoms with Crippen LogP contribution in [0.4, 0.5) is 10.8 Å². The number of carboxylic acid groups (broad SMARTS) is 1. The predicted octanol–water partition coefficient (Wildman–Crippen LogP) is 3.04. The highest BCUT2D eigenvalue weighted by Gasteiger charge is 2.13. The number of nitrogens with one attached hydrogen (secondary N) is 1. The van der Waals surface area contributed by atoms with Crippen LogP contribution in [0.1, 0.15) is 20.9 Å². The van der Waals surface area contributed by atoms with Crippen LogP contribution in [0.2, 0.25) is 0 Å². The molecule has 2 aromatic rings. The number of aromatic carboxylic acids is 1. The number of carboxylic acids is 1.